The van der Waals surface area contributed by atoms with Gasteiger partial charge in [-0.15, -0.1) is 0 Å². The Labute approximate surface area is 206 Å². The quantitative estimate of drug-likeness (QED) is 0.334. The maximum Gasteiger partial charge on any atom is 0.328 e. The van der Waals surface area contributed by atoms with E-state index in [4.69, 9.17) is 27.9 Å². The normalized spacial score (nSPS) is 19.5. The van der Waals surface area contributed by atoms with Crippen molar-refractivity contribution in [3.63, 3.8) is 0 Å². The fraction of sp³-hybridized carbons (Fsp3) is 0.522. The van der Waals surface area contributed by atoms with Crippen LogP contribution in [0.2, 0.25) is 10.0 Å². The minimum Gasteiger partial charge on any atom is -0.467 e. The molecule has 1 saturated carbocycles. The van der Waals surface area contributed by atoms with Gasteiger partial charge in [-0.3, -0.25) is 14.4 Å². The summed E-state index contributed by atoms with van der Waals surface area (Å²) in [5, 5.41) is 6.20. The van der Waals surface area contributed by atoms with Crippen LogP contribution in [0, 0.1) is 17.8 Å². The van der Waals surface area contributed by atoms with Crippen LogP contribution in [0.15, 0.2) is 12.1 Å². The van der Waals surface area contributed by atoms with E-state index in [-0.39, 0.29) is 36.3 Å². The van der Waals surface area contributed by atoms with Crippen LogP contribution in [0.4, 0.5) is 0 Å². The summed E-state index contributed by atoms with van der Waals surface area (Å²) in [6.07, 6.45) is 3.19. The maximum atomic E-state index is 13.2. The Morgan fingerprint density at radius 2 is 1.97 bits per heavy atom. The second kappa shape index (κ2) is 10.3. The van der Waals surface area contributed by atoms with Gasteiger partial charge in [-0.2, -0.15) is 0 Å². The van der Waals surface area contributed by atoms with Crippen molar-refractivity contribution in [2.45, 2.75) is 44.6 Å². The van der Waals surface area contributed by atoms with Crippen molar-refractivity contribution in [3.8, 4) is 0 Å². The third kappa shape index (κ3) is 5.70. The highest BCUT2D eigenvalue weighted by molar-refractivity contribution is 6.38. The molecule has 2 heterocycles. The summed E-state index contributed by atoms with van der Waals surface area (Å²) in [5.74, 6) is -2.06. The molecule has 0 spiro atoms. The van der Waals surface area contributed by atoms with Crippen molar-refractivity contribution in [2.24, 2.45) is 17.8 Å². The number of methoxy groups -OCH3 is 1. The molecule has 3 N–H and O–H groups in total. The van der Waals surface area contributed by atoms with Crippen LogP contribution < -0.4 is 10.6 Å². The molecule has 182 valence electrons. The molecule has 2 aliphatic rings. The number of amides is 2. The predicted octanol–water partition coefficient (Wildman–Crippen LogP) is 3.04. The standard InChI is InChI=1S/C23H26Cl2N4O5/c1-34-23(33)17(7-12-4-5-26-21(12)31)28-22(32)13(6-11-2-3-11)8-18(30)20-27-16-10-14(24)9-15(25)19(16)29-20/h9-13,17H,2-8H2,1H3,(H,26,31)(H,27,29)(H,28,32)/t12-,13+,17-/m0/s1. The van der Waals surface area contributed by atoms with Crippen LogP contribution in [0.1, 0.15) is 49.1 Å². The van der Waals surface area contributed by atoms with Gasteiger partial charge < -0.3 is 20.4 Å². The van der Waals surface area contributed by atoms with Gasteiger partial charge in [0.1, 0.15) is 11.6 Å². The van der Waals surface area contributed by atoms with E-state index in [2.05, 4.69) is 20.6 Å². The van der Waals surface area contributed by atoms with Crippen molar-refractivity contribution >= 4 is 57.8 Å². The molecule has 1 aromatic carbocycles. The van der Waals surface area contributed by atoms with Gasteiger partial charge in [0.15, 0.2) is 11.6 Å². The maximum absolute atomic E-state index is 13.2. The Balaban J connectivity index is 1.48. The fourth-order valence-electron chi connectivity index (χ4n) is 4.33. The Morgan fingerprint density at radius 3 is 2.62 bits per heavy atom. The number of esters is 1. The number of carbonyl (C=O) groups excluding carboxylic acids is 4. The Hall–Kier alpha value is -2.65. The first kappa shape index (κ1) is 24.5. The van der Waals surface area contributed by atoms with Crippen LogP contribution in [-0.2, 0) is 19.1 Å². The van der Waals surface area contributed by atoms with Gasteiger partial charge in [0.25, 0.3) is 0 Å². The molecule has 1 aliphatic heterocycles. The molecule has 2 aromatic rings. The number of halogens is 2. The summed E-state index contributed by atoms with van der Waals surface area (Å²) in [6, 6.07) is 2.21. The summed E-state index contributed by atoms with van der Waals surface area (Å²) in [5.41, 5.74) is 0.961. The minimum atomic E-state index is -0.963. The largest absolute Gasteiger partial charge is 0.467 e. The molecule has 1 aromatic heterocycles. The minimum absolute atomic E-state index is 0.0781. The first-order chi connectivity index (χ1) is 16.2. The number of carbonyl (C=O) groups is 4. The lowest BCUT2D eigenvalue weighted by Crippen LogP contribution is -2.46. The molecule has 1 saturated heterocycles. The number of ether oxygens (including phenoxy) is 1. The van der Waals surface area contributed by atoms with Crippen molar-refractivity contribution in [3.05, 3.63) is 28.0 Å². The first-order valence-electron chi connectivity index (χ1n) is 11.3. The third-order valence-corrected chi connectivity index (χ3v) is 6.88. The second-order valence-corrected chi connectivity index (χ2v) is 9.81. The molecule has 0 radical (unpaired) electrons. The van der Waals surface area contributed by atoms with Crippen LogP contribution in [-0.4, -0.2) is 53.2 Å². The predicted molar refractivity (Wildman–Crippen MR) is 126 cm³/mol. The Morgan fingerprint density at radius 1 is 1.21 bits per heavy atom. The van der Waals surface area contributed by atoms with Crippen molar-refractivity contribution in [1.82, 2.24) is 20.6 Å². The summed E-state index contributed by atoms with van der Waals surface area (Å²) in [4.78, 5) is 57.7. The van der Waals surface area contributed by atoms with Gasteiger partial charge >= 0.3 is 5.97 Å². The zero-order chi connectivity index (χ0) is 24.4. The number of nitrogens with zero attached hydrogens (tertiary/aromatic N) is 1. The van der Waals surface area contributed by atoms with Crippen LogP contribution >= 0.6 is 23.2 Å². The average molecular weight is 509 g/mol. The molecule has 3 atom stereocenters. The molecule has 34 heavy (non-hydrogen) atoms. The Bertz CT molecular complexity index is 1130. The third-order valence-electron chi connectivity index (χ3n) is 6.37. The van der Waals surface area contributed by atoms with E-state index >= 15 is 0 Å². The number of nitrogens with one attached hydrogen (secondary N) is 3. The van der Waals surface area contributed by atoms with Gasteiger partial charge in [0, 0.05) is 29.8 Å². The number of imidazole rings is 1. The molecular formula is C23H26Cl2N4O5. The van der Waals surface area contributed by atoms with E-state index < -0.39 is 23.8 Å². The van der Waals surface area contributed by atoms with Gasteiger partial charge in [0.05, 0.1) is 17.6 Å². The lowest BCUT2D eigenvalue weighted by atomic mass is 9.93. The van der Waals surface area contributed by atoms with Gasteiger partial charge in [-0.05, 0) is 37.3 Å². The van der Waals surface area contributed by atoms with E-state index in [1.807, 2.05) is 0 Å². The molecule has 0 unspecified atom stereocenters. The van der Waals surface area contributed by atoms with Crippen LogP contribution in [0.3, 0.4) is 0 Å². The molecule has 2 fully saturated rings. The molecule has 11 heteroatoms. The number of hydrogen-bond acceptors (Lipinski definition) is 6. The molecular weight excluding hydrogens is 483 g/mol. The lowest BCUT2D eigenvalue weighted by molar-refractivity contribution is -0.146. The molecule has 1 aliphatic carbocycles. The van der Waals surface area contributed by atoms with Crippen molar-refractivity contribution in [1.29, 1.82) is 0 Å². The molecule has 0 bridgehead atoms. The molecule has 4 rings (SSSR count). The summed E-state index contributed by atoms with van der Waals surface area (Å²) >= 11 is 12.2. The van der Waals surface area contributed by atoms with Crippen LogP contribution in [0.5, 0.6) is 0 Å². The van der Waals surface area contributed by atoms with Gasteiger partial charge in [-0.1, -0.05) is 36.0 Å². The van der Waals surface area contributed by atoms with E-state index in [0.717, 1.165) is 12.8 Å². The first-order valence-corrected chi connectivity index (χ1v) is 12.0. The smallest absolute Gasteiger partial charge is 0.328 e. The average Bonchev–Trinajstić information content (AvgIpc) is 3.36. The monoisotopic (exact) mass is 508 g/mol. The number of rotatable bonds is 10. The van der Waals surface area contributed by atoms with Crippen LogP contribution in [0.25, 0.3) is 11.0 Å². The topological polar surface area (TPSA) is 130 Å². The highest BCUT2D eigenvalue weighted by Crippen LogP contribution is 2.37. The fourth-order valence-corrected chi connectivity index (χ4v) is 4.87. The number of benzene rings is 1. The van der Waals surface area contributed by atoms with Crippen molar-refractivity contribution < 1.29 is 23.9 Å². The number of H-pyrrole nitrogens is 1. The zero-order valence-corrected chi connectivity index (χ0v) is 20.2. The number of aromatic amines is 1. The molecule has 2 amide bonds. The summed E-state index contributed by atoms with van der Waals surface area (Å²) in [7, 11) is 1.24. The second-order valence-electron chi connectivity index (χ2n) is 8.97. The zero-order valence-electron chi connectivity index (χ0n) is 18.7. The van der Waals surface area contributed by atoms with Gasteiger partial charge in [-0.25, -0.2) is 9.78 Å². The van der Waals surface area contributed by atoms with Gasteiger partial charge in [0.2, 0.25) is 11.8 Å². The van der Waals surface area contributed by atoms with E-state index in [9.17, 15) is 19.2 Å². The lowest BCUT2D eigenvalue weighted by Gasteiger charge is -2.22. The Kier molecular flexibility index (Phi) is 7.42. The highest BCUT2D eigenvalue weighted by atomic mass is 35.5. The number of fused-ring (bicyclic) bond motifs is 1. The summed E-state index contributed by atoms with van der Waals surface area (Å²) in [6.45, 7) is 0.539. The number of aromatic nitrogens is 2. The van der Waals surface area contributed by atoms with E-state index in [1.165, 1.54) is 7.11 Å². The number of ketones is 1. The summed E-state index contributed by atoms with van der Waals surface area (Å²) < 4.78 is 4.85. The SMILES string of the molecule is COC(=O)[C@H](C[C@@H]1CCNC1=O)NC(=O)[C@@H](CC(=O)c1nc2c(Cl)cc(Cl)cc2[nH]1)CC1CC1. The number of Topliss-reactive ketones (excluding diaryl/α,β-unsaturated/α-hetero) is 1. The molecule has 9 nitrogen and oxygen atoms in total. The van der Waals surface area contributed by atoms with Crippen molar-refractivity contribution in [2.75, 3.05) is 13.7 Å². The van der Waals surface area contributed by atoms with E-state index in [1.54, 1.807) is 12.1 Å². The number of hydrogen-bond donors (Lipinski definition) is 3. The van der Waals surface area contributed by atoms with E-state index in [0.29, 0.717) is 46.4 Å². The highest BCUT2D eigenvalue weighted by Gasteiger charge is 2.36.